The lowest BCUT2D eigenvalue weighted by Crippen LogP contribution is -2.12. The van der Waals surface area contributed by atoms with Gasteiger partial charge in [0.1, 0.15) is 0 Å². The van der Waals surface area contributed by atoms with Crippen LogP contribution in [0.3, 0.4) is 0 Å². The number of ether oxygens (including phenoxy) is 2. The first-order valence-electron chi connectivity index (χ1n) is 13.0. The van der Waals surface area contributed by atoms with Crippen molar-refractivity contribution in [3.63, 3.8) is 0 Å². The molecule has 0 aliphatic heterocycles. The predicted molar refractivity (Wildman–Crippen MR) is 159 cm³/mol. The number of aliphatic hydroxyl groups is 1. The van der Waals surface area contributed by atoms with Crippen LogP contribution in [0.4, 0.5) is 0 Å². The first kappa shape index (κ1) is 41.2. The Morgan fingerprint density at radius 3 is 1.31 bits per heavy atom. The number of benzene rings is 1. The Kier molecular flexibility index (Phi) is 26.3. The van der Waals surface area contributed by atoms with Crippen molar-refractivity contribution in [3.8, 4) is 0 Å². The van der Waals surface area contributed by atoms with Crippen molar-refractivity contribution in [2.75, 3.05) is 26.4 Å². The summed E-state index contributed by atoms with van der Waals surface area (Å²) in [6.07, 6.45) is 5.93. The van der Waals surface area contributed by atoms with Gasteiger partial charge < -0.3 is 14.6 Å². The van der Waals surface area contributed by atoms with Gasteiger partial charge in [-0.1, -0.05) is 122 Å². The van der Waals surface area contributed by atoms with Gasteiger partial charge in [0.05, 0.1) is 19.8 Å². The molecule has 0 unspecified atom stereocenters. The maximum Gasteiger partial charge on any atom is 0.0700 e. The molecule has 35 heavy (non-hydrogen) atoms. The molecule has 1 N–H and O–H groups in total. The zero-order valence-corrected chi connectivity index (χ0v) is 24.1. The van der Waals surface area contributed by atoms with Crippen molar-refractivity contribution in [1.82, 2.24) is 0 Å². The summed E-state index contributed by atoms with van der Waals surface area (Å²) in [4.78, 5) is 0. The van der Waals surface area contributed by atoms with Gasteiger partial charge in [0, 0.05) is 13.2 Å². The summed E-state index contributed by atoms with van der Waals surface area (Å²) in [5, 5.41) is 8.86. The summed E-state index contributed by atoms with van der Waals surface area (Å²) < 4.78 is 10.7. The molecule has 0 aliphatic carbocycles. The van der Waals surface area contributed by atoms with Gasteiger partial charge in [-0.15, -0.1) is 0 Å². The fourth-order valence-electron chi connectivity index (χ4n) is 2.97. The van der Waals surface area contributed by atoms with Crippen LogP contribution in [-0.4, -0.2) is 31.5 Å². The van der Waals surface area contributed by atoms with E-state index in [2.05, 4.69) is 88.3 Å². The van der Waals surface area contributed by atoms with E-state index in [4.69, 9.17) is 14.6 Å². The van der Waals surface area contributed by atoms with E-state index in [0.717, 1.165) is 51.3 Å². The largest absolute Gasteiger partial charge is 0.392 e. The van der Waals surface area contributed by atoms with E-state index < -0.39 is 0 Å². The number of hydrogen-bond acceptors (Lipinski definition) is 3. The molecule has 0 heterocycles. The lowest BCUT2D eigenvalue weighted by atomic mass is 9.88. The Bertz CT molecular complexity index is 542. The van der Waals surface area contributed by atoms with E-state index in [1.807, 2.05) is 12.1 Å². The van der Waals surface area contributed by atoms with Gasteiger partial charge in [0.2, 0.25) is 0 Å². The van der Waals surface area contributed by atoms with Gasteiger partial charge in [-0.25, -0.2) is 0 Å². The fourth-order valence-corrected chi connectivity index (χ4v) is 2.97. The zero-order valence-electron chi connectivity index (χ0n) is 24.1. The molecule has 0 atom stereocenters. The van der Waals surface area contributed by atoms with E-state index in [9.17, 15) is 0 Å². The van der Waals surface area contributed by atoms with E-state index in [-0.39, 0.29) is 21.5 Å². The second-order valence-electron chi connectivity index (χ2n) is 12.6. The second kappa shape index (κ2) is 22.3. The van der Waals surface area contributed by atoms with Gasteiger partial charge in [-0.2, -0.15) is 0 Å². The Balaban J connectivity index is -0.000000209. The Hall–Kier alpha value is -0.900. The average Bonchev–Trinajstić information content (AvgIpc) is 2.66. The van der Waals surface area contributed by atoms with Crippen LogP contribution in [0.2, 0.25) is 0 Å². The standard InChI is InChI=1S/C12H18O.C11H24O2.C7H16.2CH4/c1-12(2,3)8-10-4-6-11(9-13)7-5-10;1-5-7-12-9-10-13-8-6-11(2,3)4;1-5-6-7(2,3)4;;/h4-7,13H,8-9H2,1-3H3;5-10H2,1-4H3;5-6H2,1-4H3;2*1H4. The Morgan fingerprint density at radius 2 is 1.00 bits per heavy atom. The molecule has 0 aromatic heterocycles. The van der Waals surface area contributed by atoms with Crippen LogP contribution in [0, 0.1) is 16.2 Å². The van der Waals surface area contributed by atoms with Gasteiger partial charge in [-0.3, -0.25) is 0 Å². The summed E-state index contributed by atoms with van der Waals surface area (Å²) in [6, 6.07) is 8.16. The molecule has 0 saturated carbocycles. The van der Waals surface area contributed by atoms with Crippen LogP contribution >= 0.6 is 0 Å². The molecular formula is C32H66O3. The van der Waals surface area contributed by atoms with Gasteiger partial charge in [0.25, 0.3) is 0 Å². The highest BCUT2D eigenvalue weighted by Gasteiger charge is 2.11. The number of hydrogen-bond donors (Lipinski definition) is 1. The summed E-state index contributed by atoms with van der Waals surface area (Å²) >= 11 is 0. The maximum atomic E-state index is 8.86. The van der Waals surface area contributed by atoms with Crippen molar-refractivity contribution in [3.05, 3.63) is 35.4 Å². The molecule has 0 spiro atoms. The molecule has 0 radical (unpaired) electrons. The van der Waals surface area contributed by atoms with Gasteiger partial charge >= 0.3 is 0 Å². The first-order valence-corrected chi connectivity index (χ1v) is 13.0. The summed E-state index contributed by atoms with van der Waals surface area (Å²) in [7, 11) is 0. The SMILES string of the molecule is C.C.CC(C)(C)Cc1ccc(CO)cc1.CCCC(C)(C)C.CCCOCCOCCC(C)(C)C. The topological polar surface area (TPSA) is 38.7 Å². The average molecular weight is 499 g/mol. The summed E-state index contributed by atoms with van der Waals surface area (Å²) in [6.45, 7) is 27.8. The highest BCUT2D eigenvalue weighted by molar-refractivity contribution is 5.22. The van der Waals surface area contributed by atoms with Crippen LogP contribution in [-0.2, 0) is 22.5 Å². The third kappa shape index (κ3) is 35.3. The first-order chi connectivity index (χ1) is 15.1. The molecule has 212 valence electrons. The molecular weight excluding hydrogens is 432 g/mol. The predicted octanol–water partition coefficient (Wildman–Crippen LogP) is 9.74. The van der Waals surface area contributed by atoms with Crippen molar-refractivity contribution in [2.24, 2.45) is 16.2 Å². The molecule has 3 nitrogen and oxygen atoms in total. The minimum absolute atomic E-state index is 0. The number of rotatable bonds is 10. The highest BCUT2D eigenvalue weighted by atomic mass is 16.5. The zero-order chi connectivity index (χ0) is 26.0. The summed E-state index contributed by atoms with van der Waals surface area (Å²) in [5.41, 5.74) is 3.59. The minimum atomic E-state index is 0. The molecule has 1 rings (SSSR count). The second-order valence-corrected chi connectivity index (χ2v) is 12.6. The van der Waals surface area contributed by atoms with E-state index in [1.54, 1.807) is 0 Å². The lowest BCUT2D eigenvalue weighted by Gasteiger charge is -2.18. The molecule has 0 bridgehead atoms. The summed E-state index contributed by atoms with van der Waals surface area (Å²) in [5.74, 6) is 0. The van der Waals surface area contributed by atoms with Gasteiger partial charge in [0.15, 0.2) is 0 Å². The fraction of sp³-hybridized carbons (Fsp3) is 0.812. The van der Waals surface area contributed by atoms with Crippen molar-refractivity contribution >= 4 is 0 Å². The maximum absolute atomic E-state index is 8.86. The Labute approximate surface area is 222 Å². The molecule has 1 aromatic carbocycles. The smallest absolute Gasteiger partial charge is 0.0700 e. The molecule has 3 heteroatoms. The third-order valence-corrected chi connectivity index (χ3v) is 4.66. The molecule has 0 saturated heterocycles. The lowest BCUT2D eigenvalue weighted by molar-refractivity contribution is 0.0390. The van der Waals surface area contributed by atoms with E-state index in [0.29, 0.717) is 16.2 Å². The monoisotopic (exact) mass is 499 g/mol. The normalized spacial score (nSPS) is 11.2. The van der Waals surface area contributed by atoms with Crippen molar-refractivity contribution < 1.29 is 14.6 Å². The van der Waals surface area contributed by atoms with E-state index >= 15 is 0 Å². The molecule has 0 aliphatic rings. The number of aliphatic hydroxyl groups excluding tert-OH is 1. The van der Waals surface area contributed by atoms with Crippen molar-refractivity contribution in [2.45, 2.75) is 130 Å². The van der Waals surface area contributed by atoms with Gasteiger partial charge in [-0.05, 0) is 53.1 Å². The Morgan fingerprint density at radius 1 is 0.571 bits per heavy atom. The van der Waals surface area contributed by atoms with Crippen LogP contribution in [0.5, 0.6) is 0 Å². The van der Waals surface area contributed by atoms with Crippen molar-refractivity contribution in [1.29, 1.82) is 0 Å². The molecule has 0 amide bonds. The quantitative estimate of drug-likeness (QED) is 0.326. The van der Waals surface area contributed by atoms with Crippen LogP contribution < -0.4 is 0 Å². The van der Waals surface area contributed by atoms with Crippen LogP contribution in [0.25, 0.3) is 0 Å². The van der Waals surface area contributed by atoms with Crippen LogP contribution in [0.1, 0.15) is 128 Å². The van der Waals surface area contributed by atoms with Crippen LogP contribution in [0.15, 0.2) is 24.3 Å². The molecule has 0 fully saturated rings. The van der Waals surface area contributed by atoms with E-state index in [1.165, 1.54) is 18.4 Å². The minimum Gasteiger partial charge on any atom is -0.392 e. The third-order valence-electron chi connectivity index (χ3n) is 4.66. The molecule has 1 aromatic rings. The highest BCUT2D eigenvalue weighted by Crippen LogP contribution is 2.21.